The van der Waals surface area contributed by atoms with Gasteiger partial charge in [-0.2, -0.15) is 18.3 Å². The van der Waals surface area contributed by atoms with E-state index < -0.39 is 41.3 Å². The SMILES string of the molecule is Cc1cccc(-n2ncc(C(=O)NC3CC(C(=O)O)C3)c2C(F)(F)F)c1. The van der Waals surface area contributed by atoms with Crippen LogP contribution in [0.3, 0.4) is 0 Å². The maximum absolute atomic E-state index is 13.6. The van der Waals surface area contributed by atoms with Crippen molar-refractivity contribution >= 4 is 11.9 Å². The number of nitrogens with zero attached hydrogens (tertiary/aromatic N) is 2. The fraction of sp³-hybridized carbons (Fsp3) is 0.353. The molecule has 6 nitrogen and oxygen atoms in total. The fourth-order valence-corrected chi connectivity index (χ4v) is 2.94. The lowest BCUT2D eigenvalue weighted by Gasteiger charge is -2.32. The number of carbonyl (C=O) groups excluding carboxylic acids is 1. The zero-order chi connectivity index (χ0) is 19.1. The van der Waals surface area contributed by atoms with E-state index in [1.54, 1.807) is 19.1 Å². The van der Waals surface area contributed by atoms with Crippen LogP contribution >= 0.6 is 0 Å². The number of halogens is 3. The summed E-state index contributed by atoms with van der Waals surface area (Å²) in [4.78, 5) is 23.1. The number of alkyl halides is 3. The van der Waals surface area contributed by atoms with Gasteiger partial charge in [0, 0.05) is 6.04 Å². The van der Waals surface area contributed by atoms with E-state index in [4.69, 9.17) is 5.11 Å². The first-order chi connectivity index (χ1) is 12.2. The average molecular weight is 367 g/mol. The molecule has 1 fully saturated rings. The van der Waals surface area contributed by atoms with Crippen molar-refractivity contribution in [1.29, 1.82) is 0 Å². The zero-order valence-electron chi connectivity index (χ0n) is 13.7. The second kappa shape index (κ2) is 6.47. The lowest BCUT2D eigenvalue weighted by Crippen LogP contribution is -2.47. The van der Waals surface area contributed by atoms with E-state index in [9.17, 15) is 22.8 Å². The van der Waals surface area contributed by atoms with Gasteiger partial charge in [-0.05, 0) is 37.5 Å². The van der Waals surface area contributed by atoms with Crippen LogP contribution in [0.1, 0.15) is 34.5 Å². The maximum Gasteiger partial charge on any atom is 0.434 e. The van der Waals surface area contributed by atoms with Gasteiger partial charge in [-0.25, -0.2) is 4.68 Å². The highest BCUT2D eigenvalue weighted by molar-refractivity contribution is 5.95. The summed E-state index contributed by atoms with van der Waals surface area (Å²) in [6, 6.07) is 5.90. The molecule has 0 saturated heterocycles. The van der Waals surface area contributed by atoms with E-state index >= 15 is 0 Å². The first kappa shape index (κ1) is 18.0. The molecule has 0 radical (unpaired) electrons. The van der Waals surface area contributed by atoms with Crippen molar-refractivity contribution < 1.29 is 27.9 Å². The number of aryl methyl sites for hydroxylation is 1. The third-order valence-electron chi connectivity index (χ3n) is 4.35. The molecule has 1 aliphatic rings. The second-order valence-electron chi connectivity index (χ2n) is 6.33. The number of aromatic nitrogens is 2. The van der Waals surface area contributed by atoms with Crippen molar-refractivity contribution in [2.45, 2.75) is 32.0 Å². The molecule has 1 aromatic carbocycles. The fourth-order valence-electron chi connectivity index (χ4n) is 2.94. The number of hydrogen-bond donors (Lipinski definition) is 2. The highest BCUT2D eigenvalue weighted by Crippen LogP contribution is 2.34. The first-order valence-corrected chi connectivity index (χ1v) is 7.92. The third-order valence-corrected chi connectivity index (χ3v) is 4.35. The van der Waals surface area contributed by atoms with Crippen molar-refractivity contribution in [2.75, 3.05) is 0 Å². The number of hydrogen-bond acceptors (Lipinski definition) is 3. The highest BCUT2D eigenvalue weighted by atomic mass is 19.4. The van der Waals surface area contributed by atoms with Crippen LogP contribution in [0.5, 0.6) is 0 Å². The van der Waals surface area contributed by atoms with Crippen molar-refractivity contribution in [2.24, 2.45) is 5.92 Å². The summed E-state index contributed by atoms with van der Waals surface area (Å²) in [7, 11) is 0. The Balaban J connectivity index is 1.88. The van der Waals surface area contributed by atoms with Gasteiger partial charge in [0.25, 0.3) is 5.91 Å². The molecule has 9 heteroatoms. The van der Waals surface area contributed by atoms with Crippen molar-refractivity contribution in [3.05, 3.63) is 47.3 Å². The highest BCUT2D eigenvalue weighted by Gasteiger charge is 2.42. The van der Waals surface area contributed by atoms with Crippen molar-refractivity contribution in [1.82, 2.24) is 15.1 Å². The van der Waals surface area contributed by atoms with E-state index in [1.165, 1.54) is 12.1 Å². The topological polar surface area (TPSA) is 84.2 Å². The van der Waals surface area contributed by atoms with Crippen LogP contribution in [0.4, 0.5) is 13.2 Å². The lowest BCUT2D eigenvalue weighted by molar-refractivity contribution is -0.145. The van der Waals surface area contributed by atoms with Gasteiger partial charge in [-0.3, -0.25) is 9.59 Å². The molecule has 2 N–H and O–H groups in total. The molecule has 0 atom stereocenters. The minimum atomic E-state index is -4.78. The number of nitrogens with one attached hydrogen (secondary N) is 1. The van der Waals surface area contributed by atoms with E-state index in [1.807, 2.05) is 0 Å². The number of rotatable bonds is 4. The largest absolute Gasteiger partial charge is 0.481 e. The lowest BCUT2D eigenvalue weighted by atomic mass is 9.80. The number of amides is 1. The molecule has 0 unspecified atom stereocenters. The Bertz CT molecular complexity index is 854. The number of benzene rings is 1. The van der Waals surface area contributed by atoms with Crippen LogP contribution in [0.25, 0.3) is 5.69 Å². The van der Waals surface area contributed by atoms with Crippen LogP contribution in [-0.2, 0) is 11.0 Å². The number of carboxylic acids is 1. The van der Waals surface area contributed by atoms with E-state index in [-0.39, 0.29) is 18.5 Å². The smallest absolute Gasteiger partial charge is 0.434 e. The van der Waals surface area contributed by atoms with Gasteiger partial charge >= 0.3 is 12.1 Å². The first-order valence-electron chi connectivity index (χ1n) is 7.92. The number of aliphatic carboxylic acids is 1. The molecule has 0 bridgehead atoms. The average Bonchev–Trinajstić information content (AvgIpc) is 2.95. The van der Waals surface area contributed by atoms with Gasteiger partial charge in [0.05, 0.1) is 23.4 Å². The molecule has 1 aliphatic carbocycles. The summed E-state index contributed by atoms with van der Waals surface area (Å²) in [5.41, 5.74) is -0.787. The van der Waals surface area contributed by atoms with Crippen LogP contribution in [0.2, 0.25) is 0 Å². The second-order valence-corrected chi connectivity index (χ2v) is 6.33. The summed E-state index contributed by atoms with van der Waals surface area (Å²) in [6.45, 7) is 1.74. The van der Waals surface area contributed by atoms with Gasteiger partial charge in [0.15, 0.2) is 5.69 Å². The normalized spacial score (nSPS) is 19.7. The van der Waals surface area contributed by atoms with Gasteiger partial charge in [0.1, 0.15) is 0 Å². The predicted octanol–water partition coefficient (Wildman–Crippen LogP) is 2.79. The third kappa shape index (κ3) is 3.42. The summed E-state index contributed by atoms with van der Waals surface area (Å²) >= 11 is 0. The Morgan fingerprint density at radius 3 is 2.58 bits per heavy atom. The molecule has 1 amide bonds. The Labute approximate surface area is 146 Å². The van der Waals surface area contributed by atoms with E-state index in [2.05, 4.69) is 10.4 Å². The summed E-state index contributed by atoms with van der Waals surface area (Å²) < 4.78 is 41.4. The minimum absolute atomic E-state index is 0.200. The van der Waals surface area contributed by atoms with Gasteiger partial charge in [-0.15, -0.1) is 0 Å². The Morgan fingerprint density at radius 2 is 2.00 bits per heavy atom. The molecule has 3 rings (SSSR count). The Morgan fingerprint density at radius 1 is 1.31 bits per heavy atom. The standard InChI is InChI=1S/C17H16F3N3O3/c1-9-3-2-4-12(5-9)23-14(17(18,19)20)13(8-21-23)15(24)22-11-6-10(7-11)16(25)26/h2-5,8,10-11H,6-7H2,1H3,(H,22,24)(H,25,26). The Hall–Kier alpha value is -2.84. The summed E-state index contributed by atoms with van der Waals surface area (Å²) in [5.74, 6) is -2.46. The van der Waals surface area contributed by atoms with Crippen molar-refractivity contribution in [3.63, 3.8) is 0 Å². The van der Waals surface area contributed by atoms with E-state index in [0.29, 0.717) is 4.68 Å². The molecule has 26 heavy (non-hydrogen) atoms. The van der Waals surface area contributed by atoms with Crippen LogP contribution in [0, 0.1) is 12.8 Å². The molecule has 2 aromatic rings. The number of carboxylic acid groups (broad SMARTS) is 1. The minimum Gasteiger partial charge on any atom is -0.481 e. The number of carbonyl (C=O) groups is 2. The summed E-state index contributed by atoms with van der Waals surface area (Å²) in [5, 5.41) is 15.0. The predicted molar refractivity (Wildman–Crippen MR) is 84.9 cm³/mol. The quantitative estimate of drug-likeness (QED) is 0.870. The monoisotopic (exact) mass is 367 g/mol. The zero-order valence-corrected chi connectivity index (χ0v) is 13.7. The van der Waals surface area contributed by atoms with E-state index in [0.717, 1.165) is 11.8 Å². The molecule has 138 valence electrons. The molecule has 0 spiro atoms. The van der Waals surface area contributed by atoms with Crippen LogP contribution < -0.4 is 5.32 Å². The van der Waals surface area contributed by atoms with Gasteiger partial charge in [-0.1, -0.05) is 12.1 Å². The summed E-state index contributed by atoms with van der Waals surface area (Å²) in [6.07, 6.45) is -3.49. The molecular formula is C17H16F3N3O3. The van der Waals surface area contributed by atoms with Gasteiger partial charge < -0.3 is 10.4 Å². The molecule has 0 aliphatic heterocycles. The maximum atomic E-state index is 13.6. The Kier molecular flexibility index (Phi) is 4.47. The molecular weight excluding hydrogens is 351 g/mol. The van der Waals surface area contributed by atoms with Crippen molar-refractivity contribution in [3.8, 4) is 5.69 Å². The molecule has 1 heterocycles. The van der Waals surface area contributed by atoms with Crippen LogP contribution in [-0.4, -0.2) is 32.8 Å². The van der Waals surface area contributed by atoms with Gasteiger partial charge in [0.2, 0.25) is 0 Å². The molecule has 1 aromatic heterocycles. The van der Waals surface area contributed by atoms with Crippen LogP contribution in [0.15, 0.2) is 30.5 Å². The molecule has 1 saturated carbocycles.